The standard InChI is InChI=1S/C16H23FO2/c1-4-16(10-9-15(2,3)19-16)12-18-11-13-7-5-6-8-14(13)17/h5-8H,4,9-12H2,1-3H3. The molecule has 0 saturated carbocycles. The van der Waals surface area contributed by atoms with E-state index >= 15 is 0 Å². The van der Waals surface area contributed by atoms with Gasteiger partial charge in [-0.2, -0.15) is 0 Å². The molecular formula is C16H23FO2. The Balaban J connectivity index is 1.90. The monoisotopic (exact) mass is 266 g/mol. The lowest BCUT2D eigenvalue weighted by Crippen LogP contribution is -2.36. The molecule has 1 atom stereocenters. The number of hydrogen-bond acceptors (Lipinski definition) is 2. The minimum Gasteiger partial charge on any atom is -0.374 e. The Kier molecular flexibility index (Phi) is 4.26. The lowest BCUT2D eigenvalue weighted by Gasteiger charge is -2.30. The fourth-order valence-corrected chi connectivity index (χ4v) is 2.63. The van der Waals surface area contributed by atoms with E-state index in [-0.39, 0.29) is 17.0 Å². The molecule has 0 radical (unpaired) electrons. The van der Waals surface area contributed by atoms with Gasteiger partial charge in [-0.3, -0.25) is 0 Å². The van der Waals surface area contributed by atoms with Crippen LogP contribution in [0.3, 0.4) is 0 Å². The van der Waals surface area contributed by atoms with Gasteiger partial charge < -0.3 is 9.47 Å². The predicted molar refractivity (Wildman–Crippen MR) is 73.5 cm³/mol. The van der Waals surface area contributed by atoms with Gasteiger partial charge in [-0.05, 0) is 39.2 Å². The molecule has 1 fully saturated rings. The predicted octanol–water partition coefficient (Wildman–Crippen LogP) is 4.08. The van der Waals surface area contributed by atoms with E-state index in [9.17, 15) is 4.39 Å². The van der Waals surface area contributed by atoms with Crippen LogP contribution in [0.5, 0.6) is 0 Å². The van der Waals surface area contributed by atoms with Crippen LogP contribution in [0.25, 0.3) is 0 Å². The van der Waals surface area contributed by atoms with E-state index in [4.69, 9.17) is 9.47 Å². The normalized spacial score (nSPS) is 25.7. The third-order valence-electron chi connectivity index (χ3n) is 3.90. The van der Waals surface area contributed by atoms with Gasteiger partial charge in [0.05, 0.1) is 24.4 Å². The number of benzene rings is 1. The molecule has 106 valence electrons. The van der Waals surface area contributed by atoms with Crippen LogP contribution in [0.2, 0.25) is 0 Å². The second kappa shape index (κ2) is 5.59. The fraction of sp³-hybridized carbons (Fsp3) is 0.625. The first-order chi connectivity index (χ1) is 8.96. The van der Waals surface area contributed by atoms with Gasteiger partial charge in [-0.1, -0.05) is 25.1 Å². The smallest absolute Gasteiger partial charge is 0.128 e. The Bertz CT molecular complexity index is 431. The van der Waals surface area contributed by atoms with Crippen molar-refractivity contribution in [3.63, 3.8) is 0 Å². The van der Waals surface area contributed by atoms with Crippen LogP contribution in [0.4, 0.5) is 4.39 Å². The molecule has 0 amide bonds. The maximum Gasteiger partial charge on any atom is 0.128 e. The van der Waals surface area contributed by atoms with Crippen molar-refractivity contribution in [1.29, 1.82) is 0 Å². The zero-order valence-electron chi connectivity index (χ0n) is 12.0. The lowest BCUT2D eigenvalue weighted by molar-refractivity contribution is -0.126. The van der Waals surface area contributed by atoms with Gasteiger partial charge >= 0.3 is 0 Å². The Morgan fingerprint density at radius 2 is 2.00 bits per heavy atom. The zero-order chi connectivity index (χ0) is 13.9. The summed E-state index contributed by atoms with van der Waals surface area (Å²) in [4.78, 5) is 0. The molecule has 1 saturated heterocycles. The van der Waals surface area contributed by atoms with Gasteiger partial charge in [0, 0.05) is 5.56 Å². The van der Waals surface area contributed by atoms with Crippen LogP contribution in [0, 0.1) is 5.82 Å². The average molecular weight is 266 g/mol. The summed E-state index contributed by atoms with van der Waals surface area (Å²) < 4.78 is 25.3. The molecule has 1 aliphatic rings. The van der Waals surface area contributed by atoms with Crippen LogP contribution in [0.1, 0.15) is 45.6 Å². The lowest BCUT2D eigenvalue weighted by atomic mass is 9.96. The molecular weight excluding hydrogens is 243 g/mol. The Hall–Kier alpha value is -0.930. The van der Waals surface area contributed by atoms with Gasteiger partial charge in [0.2, 0.25) is 0 Å². The Morgan fingerprint density at radius 1 is 1.26 bits per heavy atom. The Labute approximate surface area is 114 Å². The van der Waals surface area contributed by atoms with Crippen LogP contribution >= 0.6 is 0 Å². The third kappa shape index (κ3) is 3.54. The molecule has 0 spiro atoms. The first-order valence-corrected chi connectivity index (χ1v) is 6.98. The number of hydrogen-bond donors (Lipinski definition) is 0. The highest BCUT2D eigenvalue weighted by atomic mass is 19.1. The molecule has 1 unspecified atom stereocenters. The van der Waals surface area contributed by atoms with Crippen molar-refractivity contribution >= 4 is 0 Å². The first-order valence-electron chi connectivity index (χ1n) is 6.98. The van der Waals surface area contributed by atoms with Crippen LogP contribution < -0.4 is 0 Å². The quantitative estimate of drug-likeness (QED) is 0.799. The van der Waals surface area contributed by atoms with Crippen molar-refractivity contribution in [1.82, 2.24) is 0 Å². The molecule has 0 bridgehead atoms. The Morgan fingerprint density at radius 3 is 2.58 bits per heavy atom. The minimum atomic E-state index is -0.208. The topological polar surface area (TPSA) is 18.5 Å². The van der Waals surface area contributed by atoms with Crippen molar-refractivity contribution in [2.75, 3.05) is 6.61 Å². The van der Waals surface area contributed by atoms with E-state index in [1.165, 1.54) is 6.07 Å². The summed E-state index contributed by atoms with van der Waals surface area (Å²) in [6.45, 7) is 7.18. The first kappa shape index (κ1) is 14.5. The summed E-state index contributed by atoms with van der Waals surface area (Å²) in [6, 6.07) is 6.73. The maximum absolute atomic E-state index is 13.5. The third-order valence-corrected chi connectivity index (χ3v) is 3.90. The molecule has 3 heteroatoms. The largest absolute Gasteiger partial charge is 0.374 e. The second-order valence-corrected chi connectivity index (χ2v) is 5.98. The summed E-state index contributed by atoms with van der Waals surface area (Å²) in [7, 11) is 0. The number of ether oxygens (including phenoxy) is 2. The molecule has 1 aromatic rings. The molecule has 1 aliphatic heterocycles. The highest BCUT2D eigenvalue weighted by Crippen LogP contribution is 2.39. The molecule has 1 aromatic carbocycles. The molecule has 0 aromatic heterocycles. The average Bonchev–Trinajstić information content (AvgIpc) is 2.68. The highest BCUT2D eigenvalue weighted by Gasteiger charge is 2.43. The van der Waals surface area contributed by atoms with E-state index in [1.54, 1.807) is 12.1 Å². The summed E-state index contributed by atoms with van der Waals surface area (Å²) in [6.07, 6.45) is 2.98. The summed E-state index contributed by atoms with van der Waals surface area (Å²) >= 11 is 0. The van der Waals surface area contributed by atoms with E-state index in [1.807, 2.05) is 6.07 Å². The van der Waals surface area contributed by atoms with Gasteiger partial charge in [0.25, 0.3) is 0 Å². The molecule has 0 aliphatic carbocycles. The SMILES string of the molecule is CCC1(COCc2ccccc2F)CCC(C)(C)O1. The molecule has 2 rings (SSSR count). The summed E-state index contributed by atoms with van der Waals surface area (Å²) in [5.74, 6) is -0.208. The van der Waals surface area contributed by atoms with Gasteiger partial charge in [-0.25, -0.2) is 4.39 Å². The summed E-state index contributed by atoms with van der Waals surface area (Å²) in [5, 5.41) is 0. The van der Waals surface area contributed by atoms with Crippen molar-refractivity contribution in [3.05, 3.63) is 35.6 Å². The van der Waals surface area contributed by atoms with Crippen molar-refractivity contribution in [3.8, 4) is 0 Å². The second-order valence-electron chi connectivity index (χ2n) is 5.98. The van der Waals surface area contributed by atoms with Crippen molar-refractivity contribution < 1.29 is 13.9 Å². The van der Waals surface area contributed by atoms with E-state index in [0.717, 1.165) is 19.3 Å². The number of rotatable bonds is 5. The molecule has 1 heterocycles. The zero-order valence-corrected chi connectivity index (χ0v) is 12.0. The highest BCUT2D eigenvalue weighted by molar-refractivity contribution is 5.16. The van der Waals surface area contributed by atoms with Gasteiger partial charge in [-0.15, -0.1) is 0 Å². The minimum absolute atomic E-state index is 0.0721. The van der Waals surface area contributed by atoms with Crippen LogP contribution in [-0.4, -0.2) is 17.8 Å². The molecule has 0 N–H and O–H groups in total. The van der Waals surface area contributed by atoms with Gasteiger partial charge in [0.1, 0.15) is 5.82 Å². The van der Waals surface area contributed by atoms with Crippen LogP contribution in [-0.2, 0) is 16.1 Å². The van der Waals surface area contributed by atoms with Crippen molar-refractivity contribution in [2.45, 2.75) is 57.8 Å². The maximum atomic E-state index is 13.5. The van der Waals surface area contributed by atoms with Crippen LogP contribution in [0.15, 0.2) is 24.3 Å². The van der Waals surface area contributed by atoms with Crippen molar-refractivity contribution in [2.24, 2.45) is 0 Å². The van der Waals surface area contributed by atoms with E-state index in [2.05, 4.69) is 20.8 Å². The van der Waals surface area contributed by atoms with Gasteiger partial charge in [0.15, 0.2) is 0 Å². The van der Waals surface area contributed by atoms with E-state index in [0.29, 0.717) is 18.8 Å². The fourth-order valence-electron chi connectivity index (χ4n) is 2.63. The molecule has 2 nitrogen and oxygen atoms in total. The summed E-state index contributed by atoms with van der Waals surface area (Å²) in [5.41, 5.74) is 0.331. The van der Waals surface area contributed by atoms with E-state index < -0.39 is 0 Å². The number of halogens is 1. The molecule has 19 heavy (non-hydrogen) atoms.